The molecule has 2 aromatic heterocycles. The highest BCUT2D eigenvalue weighted by atomic mass is 19.4. The van der Waals surface area contributed by atoms with Crippen LogP contribution in [0.5, 0.6) is 0 Å². The van der Waals surface area contributed by atoms with Crippen molar-refractivity contribution in [3.63, 3.8) is 0 Å². The first-order chi connectivity index (χ1) is 15.4. The first-order valence-electron chi connectivity index (χ1n) is 9.32. The van der Waals surface area contributed by atoms with Gasteiger partial charge in [-0.05, 0) is 42.5 Å². The number of carbonyl (C=O) groups excluding carboxylic acids is 1. The SMILES string of the molecule is O=C(Nc1ccc(Nc2cc(-n3cccn3)ncn2)cc1)Nc1ccccc1C(F)(F)F. The van der Waals surface area contributed by atoms with E-state index in [0.717, 1.165) is 6.07 Å². The Morgan fingerprint density at radius 1 is 0.906 bits per heavy atom. The second-order valence-corrected chi connectivity index (χ2v) is 6.54. The van der Waals surface area contributed by atoms with E-state index in [4.69, 9.17) is 0 Å². The van der Waals surface area contributed by atoms with Crippen LogP contribution in [0.4, 0.5) is 40.8 Å². The van der Waals surface area contributed by atoms with Gasteiger partial charge < -0.3 is 16.0 Å². The van der Waals surface area contributed by atoms with E-state index in [9.17, 15) is 18.0 Å². The van der Waals surface area contributed by atoms with Gasteiger partial charge in [0.15, 0.2) is 5.82 Å². The number of nitrogens with one attached hydrogen (secondary N) is 3. The first-order valence-corrected chi connectivity index (χ1v) is 9.32. The molecule has 162 valence electrons. The molecule has 8 nitrogen and oxygen atoms in total. The minimum absolute atomic E-state index is 0.326. The number of hydrogen-bond acceptors (Lipinski definition) is 5. The molecule has 0 aliphatic carbocycles. The molecule has 0 saturated heterocycles. The Morgan fingerprint density at radius 2 is 1.66 bits per heavy atom. The van der Waals surface area contributed by atoms with Crippen molar-refractivity contribution in [2.75, 3.05) is 16.0 Å². The van der Waals surface area contributed by atoms with Gasteiger partial charge in [0.05, 0.1) is 11.3 Å². The second kappa shape index (κ2) is 8.76. The summed E-state index contributed by atoms with van der Waals surface area (Å²) in [5, 5.41) is 12.0. The summed E-state index contributed by atoms with van der Waals surface area (Å²) in [7, 11) is 0. The summed E-state index contributed by atoms with van der Waals surface area (Å²) < 4.78 is 40.8. The molecule has 32 heavy (non-hydrogen) atoms. The summed E-state index contributed by atoms with van der Waals surface area (Å²) in [6, 6.07) is 14.1. The van der Waals surface area contributed by atoms with Crippen molar-refractivity contribution in [3.05, 3.63) is 84.9 Å². The van der Waals surface area contributed by atoms with Crippen LogP contribution in [0, 0.1) is 0 Å². The van der Waals surface area contributed by atoms with Gasteiger partial charge in [-0.2, -0.15) is 18.3 Å². The van der Waals surface area contributed by atoms with Crippen LogP contribution in [0.3, 0.4) is 0 Å². The van der Waals surface area contributed by atoms with Crippen molar-refractivity contribution in [2.45, 2.75) is 6.18 Å². The number of carbonyl (C=O) groups is 1. The zero-order valence-corrected chi connectivity index (χ0v) is 16.3. The predicted molar refractivity (Wildman–Crippen MR) is 113 cm³/mol. The number of para-hydroxylation sites is 1. The lowest BCUT2D eigenvalue weighted by molar-refractivity contribution is -0.136. The minimum atomic E-state index is -4.57. The number of hydrogen-bond donors (Lipinski definition) is 3. The molecule has 0 aliphatic rings. The van der Waals surface area contributed by atoms with E-state index < -0.39 is 17.8 Å². The van der Waals surface area contributed by atoms with Gasteiger partial charge in [-0.3, -0.25) is 0 Å². The van der Waals surface area contributed by atoms with Gasteiger partial charge in [0, 0.05) is 29.8 Å². The molecule has 2 amide bonds. The molecule has 0 spiro atoms. The van der Waals surface area contributed by atoms with Crippen molar-refractivity contribution in [1.29, 1.82) is 0 Å². The topological polar surface area (TPSA) is 96.8 Å². The molecule has 3 N–H and O–H groups in total. The molecule has 0 bridgehead atoms. The van der Waals surface area contributed by atoms with Crippen LogP contribution in [-0.4, -0.2) is 25.8 Å². The Labute approximate surface area is 180 Å². The Hall–Kier alpha value is -4.41. The Kier molecular flexibility index (Phi) is 5.71. The van der Waals surface area contributed by atoms with E-state index in [0.29, 0.717) is 23.0 Å². The third-order valence-electron chi connectivity index (χ3n) is 4.29. The van der Waals surface area contributed by atoms with Crippen molar-refractivity contribution in [2.24, 2.45) is 0 Å². The largest absolute Gasteiger partial charge is 0.418 e. The predicted octanol–water partition coefficient (Wildman–Crippen LogP) is 5.07. The molecule has 0 saturated carbocycles. The van der Waals surface area contributed by atoms with Crippen molar-refractivity contribution < 1.29 is 18.0 Å². The molecule has 11 heteroatoms. The highest BCUT2D eigenvalue weighted by Gasteiger charge is 2.33. The van der Waals surface area contributed by atoms with Crippen LogP contribution in [0.15, 0.2) is 79.4 Å². The van der Waals surface area contributed by atoms with Crippen molar-refractivity contribution in [3.8, 4) is 5.82 Å². The summed E-state index contributed by atoms with van der Waals surface area (Å²) >= 11 is 0. The van der Waals surface area contributed by atoms with Gasteiger partial charge in [-0.15, -0.1) is 0 Å². The third kappa shape index (κ3) is 5.01. The van der Waals surface area contributed by atoms with Crippen molar-refractivity contribution >= 4 is 28.9 Å². The Morgan fingerprint density at radius 3 is 2.38 bits per heavy atom. The summed E-state index contributed by atoms with van der Waals surface area (Å²) in [4.78, 5) is 20.5. The number of urea groups is 1. The average Bonchev–Trinajstić information content (AvgIpc) is 3.30. The average molecular weight is 439 g/mol. The van der Waals surface area contributed by atoms with Gasteiger partial charge in [0.2, 0.25) is 0 Å². The summed E-state index contributed by atoms with van der Waals surface area (Å²) in [5.74, 6) is 1.12. The zero-order chi connectivity index (χ0) is 22.6. The van der Waals surface area contributed by atoms with Gasteiger partial charge in [0.25, 0.3) is 0 Å². The molecular formula is C21H16F3N7O. The highest BCUT2D eigenvalue weighted by molar-refractivity contribution is 6.00. The zero-order valence-electron chi connectivity index (χ0n) is 16.3. The molecule has 0 aliphatic heterocycles. The highest BCUT2D eigenvalue weighted by Crippen LogP contribution is 2.34. The molecule has 2 heterocycles. The number of rotatable bonds is 5. The van der Waals surface area contributed by atoms with E-state index in [1.165, 1.54) is 24.5 Å². The lowest BCUT2D eigenvalue weighted by Crippen LogP contribution is -2.21. The fourth-order valence-corrected chi connectivity index (χ4v) is 2.85. The Bertz CT molecular complexity index is 1210. The van der Waals surface area contributed by atoms with Crippen LogP contribution < -0.4 is 16.0 Å². The van der Waals surface area contributed by atoms with Gasteiger partial charge in [-0.25, -0.2) is 19.4 Å². The summed E-state index contributed by atoms with van der Waals surface area (Å²) in [6.45, 7) is 0. The molecule has 0 unspecified atom stereocenters. The standard InChI is InChI=1S/C21H16F3N7O/c22-21(23,24)16-4-1-2-5-17(16)30-20(32)29-15-8-6-14(7-9-15)28-18-12-19(26-13-25-18)31-11-3-10-27-31/h1-13H,(H,25,26,28)(H2,29,30,32). The number of halogens is 3. The van der Waals surface area contributed by atoms with Gasteiger partial charge >= 0.3 is 12.2 Å². The van der Waals surface area contributed by atoms with E-state index in [1.54, 1.807) is 53.5 Å². The smallest absolute Gasteiger partial charge is 0.340 e. The van der Waals surface area contributed by atoms with Crippen molar-refractivity contribution in [1.82, 2.24) is 19.7 Å². The maximum absolute atomic E-state index is 13.1. The number of benzene rings is 2. The quantitative estimate of drug-likeness (QED) is 0.404. The molecular weight excluding hydrogens is 423 g/mol. The number of anilines is 4. The molecule has 0 atom stereocenters. The fourth-order valence-electron chi connectivity index (χ4n) is 2.85. The van der Waals surface area contributed by atoms with Crippen LogP contribution >= 0.6 is 0 Å². The Balaban J connectivity index is 1.40. The summed E-state index contributed by atoms with van der Waals surface area (Å²) in [5.41, 5.74) is -0.164. The minimum Gasteiger partial charge on any atom is -0.340 e. The molecule has 0 radical (unpaired) electrons. The molecule has 4 aromatic rings. The second-order valence-electron chi connectivity index (χ2n) is 6.54. The first kappa shape index (κ1) is 20.8. The fraction of sp³-hybridized carbons (Fsp3) is 0.0476. The van der Waals surface area contributed by atoms with Crippen LogP contribution in [0.1, 0.15) is 5.56 Å². The lowest BCUT2D eigenvalue weighted by Gasteiger charge is -2.14. The number of alkyl halides is 3. The molecule has 4 rings (SSSR count). The van der Waals surface area contributed by atoms with Gasteiger partial charge in [0.1, 0.15) is 12.1 Å². The normalized spacial score (nSPS) is 11.1. The maximum Gasteiger partial charge on any atom is 0.418 e. The molecule has 0 fully saturated rings. The lowest BCUT2D eigenvalue weighted by atomic mass is 10.1. The van der Waals surface area contributed by atoms with Crippen LogP contribution in [0.2, 0.25) is 0 Å². The number of nitrogens with zero attached hydrogens (tertiary/aromatic N) is 4. The van der Waals surface area contributed by atoms with E-state index >= 15 is 0 Å². The van der Waals surface area contributed by atoms with E-state index in [-0.39, 0.29) is 5.69 Å². The maximum atomic E-state index is 13.1. The van der Waals surface area contributed by atoms with E-state index in [1.807, 2.05) is 0 Å². The molecule has 2 aromatic carbocycles. The third-order valence-corrected chi connectivity index (χ3v) is 4.29. The summed E-state index contributed by atoms with van der Waals surface area (Å²) in [6.07, 6.45) is 0.220. The number of amides is 2. The van der Waals surface area contributed by atoms with Gasteiger partial charge in [-0.1, -0.05) is 12.1 Å². The monoisotopic (exact) mass is 439 g/mol. The van der Waals surface area contributed by atoms with Crippen LogP contribution in [-0.2, 0) is 6.18 Å². The van der Waals surface area contributed by atoms with E-state index in [2.05, 4.69) is 31.0 Å². The number of aromatic nitrogens is 4. The van der Waals surface area contributed by atoms with Crippen LogP contribution in [0.25, 0.3) is 5.82 Å².